The van der Waals surface area contributed by atoms with Crippen LogP contribution in [0.3, 0.4) is 0 Å². The topological polar surface area (TPSA) is 84.2 Å². The molecular formula is C16H17BrClN5O2. The summed E-state index contributed by atoms with van der Waals surface area (Å²) in [5.74, 6) is 0.323. The second-order valence-corrected chi connectivity index (χ2v) is 7.77. The molecule has 1 saturated heterocycles. The number of amides is 1. The van der Waals surface area contributed by atoms with E-state index in [9.17, 15) is 4.79 Å². The van der Waals surface area contributed by atoms with Gasteiger partial charge < -0.3 is 14.6 Å². The summed E-state index contributed by atoms with van der Waals surface area (Å²) < 4.78 is 6.02. The zero-order valence-electron chi connectivity index (χ0n) is 13.5. The van der Waals surface area contributed by atoms with E-state index in [0.29, 0.717) is 20.7 Å². The van der Waals surface area contributed by atoms with Gasteiger partial charge in [-0.05, 0) is 59.2 Å². The fraction of sp³-hybridized carbons (Fsp3) is 0.500. The number of pyridine rings is 1. The maximum atomic E-state index is 12.3. The van der Waals surface area contributed by atoms with Crippen molar-refractivity contribution in [2.75, 3.05) is 25.0 Å². The van der Waals surface area contributed by atoms with E-state index in [0.717, 1.165) is 25.9 Å². The second-order valence-electron chi connectivity index (χ2n) is 6.62. The van der Waals surface area contributed by atoms with Crippen molar-refractivity contribution in [2.45, 2.75) is 25.7 Å². The Balaban J connectivity index is 1.33. The van der Waals surface area contributed by atoms with Crippen LogP contribution in [0.5, 0.6) is 0 Å². The largest absolute Gasteiger partial charge is 0.402 e. The molecular weight excluding hydrogens is 410 g/mol. The summed E-state index contributed by atoms with van der Waals surface area (Å²) in [6.45, 7) is 1.84. The number of carbonyl (C=O) groups excluding carboxylic acids is 1. The number of anilines is 1. The van der Waals surface area contributed by atoms with Crippen molar-refractivity contribution >= 4 is 39.5 Å². The van der Waals surface area contributed by atoms with E-state index in [4.69, 9.17) is 16.0 Å². The molecule has 7 nitrogen and oxygen atoms in total. The fourth-order valence-corrected chi connectivity index (χ4v) is 3.53. The fourth-order valence-electron chi connectivity index (χ4n) is 3.10. The molecule has 1 aliphatic carbocycles. The van der Waals surface area contributed by atoms with Gasteiger partial charge >= 0.3 is 6.01 Å². The van der Waals surface area contributed by atoms with E-state index in [1.54, 1.807) is 12.1 Å². The van der Waals surface area contributed by atoms with Gasteiger partial charge in [-0.15, -0.1) is 5.10 Å². The number of piperidine rings is 1. The third-order valence-electron chi connectivity index (χ3n) is 4.97. The Hall–Kier alpha value is -1.67. The summed E-state index contributed by atoms with van der Waals surface area (Å²) >= 11 is 9.18. The minimum atomic E-state index is 0.0580. The summed E-state index contributed by atoms with van der Waals surface area (Å²) in [7, 11) is 0. The number of carbonyl (C=O) groups is 1. The van der Waals surface area contributed by atoms with Crippen molar-refractivity contribution in [1.82, 2.24) is 20.1 Å². The molecule has 1 N–H and O–H groups in total. The van der Waals surface area contributed by atoms with Gasteiger partial charge in [-0.3, -0.25) is 4.79 Å². The lowest BCUT2D eigenvalue weighted by atomic mass is 9.94. The van der Waals surface area contributed by atoms with Gasteiger partial charge in [0.15, 0.2) is 0 Å². The number of nitrogens with zero attached hydrogens (tertiary/aromatic N) is 4. The van der Waals surface area contributed by atoms with Crippen LogP contribution < -0.4 is 5.32 Å². The SMILES string of the molecule is O=C(CNc1nnc(-c2ccc(Cl)c(Br)n2)o1)N1CCC2(CC1)CC2. The lowest BCUT2D eigenvalue weighted by Gasteiger charge is -2.32. The minimum absolute atomic E-state index is 0.0580. The van der Waals surface area contributed by atoms with Crippen molar-refractivity contribution in [3.8, 4) is 11.6 Å². The molecule has 2 aromatic rings. The van der Waals surface area contributed by atoms with Gasteiger partial charge in [-0.25, -0.2) is 4.98 Å². The smallest absolute Gasteiger partial charge is 0.316 e. The number of likely N-dealkylation sites (tertiary alicyclic amines) is 1. The van der Waals surface area contributed by atoms with Crippen LogP contribution in [0.4, 0.5) is 6.01 Å². The molecule has 9 heteroatoms. The van der Waals surface area contributed by atoms with Crippen molar-refractivity contribution < 1.29 is 9.21 Å². The quantitative estimate of drug-likeness (QED) is 0.755. The van der Waals surface area contributed by atoms with E-state index >= 15 is 0 Å². The first-order valence-electron chi connectivity index (χ1n) is 8.22. The van der Waals surface area contributed by atoms with Crippen LogP contribution in [0.1, 0.15) is 25.7 Å². The molecule has 3 heterocycles. The standard InChI is InChI=1S/C16H17BrClN5O2/c17-13-10(18)1-2-11(20-13)14-21-22-15(25-14)19-9-12(24)23-7-5-16(3-4-16)6-8-23/h1-2H,3-9H2,(H,19,22). The highest BCUT2D eigenvalue weighted by Gasteiger charge is 2.44. The first-order valence-corrected chi connectivity index (χ1v) is 9.39. The Bertz CT molecular complexity index is 798. The lowest BCUT2D eigenvalue weighted by Crippen LogP contribution is -2.41. The summed E-state index contributed by atoms with van der Waals surface area (Å²) in [4.78, 5) is 18.4. The predicted octanol–water partition coefficient (Wildman–Crippen LogP) is 3.36. The van der Waals surface area contributed by atoms with E-state index < -0.39 is 0 Å². The zero-order chi connectivity index (χ0) is 17.4. The van der Waals surface area contributed by atoms with Gasteiger partial charge in [0, 0.05) is 13.1 Å². The lowest BCUT2D eigenvalue weighted by molar-refractivity contribution is -0.130. The zero-order valence-corrected chi connectivity index (χ0v) is 15.8. The van der Waals surface area contributed by atoms with Crippen LogP contribution in [0.15, 0.2) is 21.2 Å². The number of aromatic nitrogens is 3. The van der Waals surface area contributed by atoms with Gasteiger partial charge in [0.05, 0.1) is 11.6 Å². The Morgan fingerprint density at radius 1 is 1.28 bits per heavy atom. The molecule has 1 aliphatic heterocycles. The highest BCUT2D eigenvalue weighted by atomic mass is 79.9. The van der Waals surface area contributed by atoms with E-state index in [2.05, 4.69) is 36.4 Å². The van der Waals surface area contributed by atoms with E-state index in [-0.39, 0.29) is 24.4 Å². The summed E-state index contributed by atoms with van der Waals surface area (Å²) in [6, 6.07) is 3.58. The average molecular weight is 427 g/mol. The molecule has 1 spiro atoms. The molecule has 0 bridgehead atoms. The monoisotopic (exact) mass is 425 g/mol. The number of hydrogen-bond acceptors (Lipinski definition) is 6. The van der Waals surface area contributed by atoms with Crippen LogP contribution in [-0.2, 0) is 4.79 Å². The highest BCUT2D eigenvalue weighted by molar-refractivity contribution is 9.10. The number of hydrogen-bond donors (Lipinski definition) is 1. The first kappa shape index (κ1) is 16.8. The maximum Gasteiger partial charge on any atom is 0.316 e. The Morgan fingerprint density at radius 3 is 2.72 bits per heavy atom. The van der Waals surface area contributed by atoms with Gasteiger partial charge in [0.1, 0.15) is 10.3 Å². The number of nitrogens with one attached hydrogen (secondary N) is 1. The van der Waals surface area contributed by atoms with Gasteiger partial charge in [0.25, 0.3) is 5.89 Å². The molecule has 1 amide bonds. The Morgan fingerprint density at radius 2 is 2.04 bits per heavy atom. The molecule has 4 rings (SSSR count). The molecule has 0 unspecified atom stereocenters. The molecule has 0 aromatic carbocycles. The summed E-state index contributed by atoms with van der Waals surface area (Å²) in [5, 5.41) is 11.3. The summed E-state index contributed by atoms with van der Waals surface area (Å²) in [5.41, 5.74) is 1.07. The van der Waals surface area contributed by atoms with Gasteiger partial charge in [-0.1, -0.05) is 16.7 Å². The third kappa shape index (κ3) is 3.64. The van der Waals surface area contributed by atoms with Crippen LogP contribution in [-0.4, -0.2) is 45.6 Å². The average Bonchev–Trinajstić information content (AvgIpc) is 3.19. The molecule has 25 heavy (non-hydrogen) atoms. The van der Waals surface area contributed by atoms with E-state index in [1.165, 1.54) is 12.8 Å². The van der Waals surface area contributed by atoms with Crippen LogP contribution in [0, 0.1) is 5.41 Å². The van der Waals surface area contributed by atoms with Crippen molar-refractivity contribution in [3.05, 3.63) is 21.8 Å². The van der Waals surface area contributed by atoms with Crippen molar-refractivity contribution in [1.29, 1.82) is 0 Å². The first-order chi connectivity index (χ1) is 12.0. The molecule has 2 fully saturated rings. The summed E-state index contributed by atoms with van der Waals surface area (Å²) in [6.07, 6.45) is 4.90. The van der Waals surface area contributed by atoms with Crippen LogP contribution in [0.2, 0.25) is 5.02 Å². The third-order valence-corrected chi connectivity index (χ3v) is 6.11. The molecule has 1 saturated carbocycles. The predicted molar refractivity (Wildman–Crippen MR) is 96.2 cm³/mol. The minimum Gasteiger partial charge on any atom is -0.402 e. The van der Waals surface area contributed by atoms with E-state index in [1.807, 2.05) is 4.90 Å². The van der Waals surface area contributed by atoms with Crippen molar-refractivity contribution in [3.63, 3.8) is 0 Å². The van der Waals surface area contributed by atoms with Crippen LogP contribution in [0.25, 0.3) is 11.6 Å². The van der Waals surface area contributed by atoms with Gasteiger partial charge in [0.2, 0.25) is 5.91 Å². The Labute approximate surface area is 158 Å². The molecule has 2 aliphatic rings. The highest BCUT2D eigenvalue weighted by Crippen LogP contribution is 2.53. The van der Waals surface area contributed by atoms with Gasteiger partial charge in [-0.2, -0.15) is 0 Å². The van der Waals surface area contributed by atoms with Crippen molar-refractivity contribution in [2.24, 2.45) is 5.41 Å². The number of rotatable bonds is 4. The number of halogens is 2. The maximum absolute atomic E-state index is 12.3. The molecule has 132 valence electrons. The molecule has 2 aromatic heterocycles. The second kappa shape index (κ2) is 6.57. The Kier molecular flexibility index (Phi) is 4.41. The van der Waals surface area contributed by atoms with Crippen LogP contribution >= 0.6 is 27.5 Å². The molecule has 0 atom stereocenters. The normalized spacial score (nSPS) is 18.4. The molecule has 0 radical (unpaired) electrons.